The minimum atomic E-state index is -0.264. The number of aliphatic hydroxyl groups is 1. The van der Waals surface area contributed by atoms with E-state index < -0.39 is 0 Å². The number of aliphatic hydroxyl groups excluding tert-OH is 1. The van der Waals surface area contributed by atoms with Crippen molar-refractivity contribution in [2.75, 3.05) is 13.2 Å². The number of ether oxygens (including phenoxy) is 1. The van der Waals surface area contributed by atoms with Crippen molar-refractivity contribution in [2.45, 2.75) is 45.8 Å². The van der Waals surface area contributed by atoms with Crippen LogP contribution in [0.15, 0.2) is 59.1 Å². The summed E-state index contributed by atoms with van der Waals surface area (Å²) in [4.78, 5) is 14.1. The maximum atomic E-state index is 12.3. The van der Waals surface area contributed by atoms with Crippen molar-refractivity contribution in [3.8, 4) is 0 Å². The first kappa shape index (κ1) is 23.4. The second kappa shape index (κ2) is 10.7. The number of hydrogen-bond acceptors (Lipinski definition) is 3. The second-order valence-corrected chi connectivity index (χ2v) is 8.95. The number of hydrogen-bond donors (Lipinski definition) is 1. The van der Waals surface area contributed by atoms with Gasteiger partial charge >= 0.3 is 6.09 Å². The molecule has 6 heteroatoms. The summed E-state index contributed by atoms with van der Waals surface area (Å²) >= 11 is 3.42. The molecule has 1 heterocycles. The zero-order valence-electron chi connectivity index (χ0n) is 17.1. The standard InChI is InChI=1S/C17H24BrNO3.C6H5F/c1-12(13-4-6-14(18)7-5-13)19-9-8-15(22-16(19)21)10-17(2,3)11-20;7-6-4-2-1-3-5-6/h4-7,12,15,20H,8-11H2,1-3H3;1-5H. The molecule has 0 saturated carbocycles. The van der Waals surface area contributed by atoms with Crippen molar-refractivity contribution in [3.05, 3.63) is 70.5 Å². The third-order valence-electron chi connectivity index (χ3n) is 4.96. The number of benzene rings is 2. The van der Waals surface area contributed by atoms with Gasteiger partial charge in [0.05, 0.1) is 6.04 Å². The molecular formula is C23H29BrFNO3. The van der Waals surface area contributed by atoms with E-state index in [0.717, 1.165) is 16.5 Å². The first-order valence-corrected chi connectivity index (χ1v) is 10.6. The Labute approximate surface area is 180 Å². The van der Waals surface area contributed by atoms with Crippen molar-refractivity contribution < 1.29 is 19.0 Å². The van der Waals surface area contributed by atoms with Crippen LogP contribution in [0.1, 0.15) is 45.2 Å². The van der Waals surface area contributed by atoms with E-state index in [0.29, 0.717) is 13.0 Å². The van der Waals surface area contributed by atoms with Crippen molar-refractivity contribution in [3.63, 3.8) is 0 Å². The van der Waals surface area contributed by atoms with Gasteiger partial charge in [-0.1, -0.05) is 60.1 Å². The van der Waals surface area contributed by atoms with Crippen LogP contribution < -0.4 is 0 Å². The smallest absolute Gasteiger partial charge is 0.410 e. The molecule has 1 aliphatic heterocycles. The van der Waals surface area contributed by atoms with Gasteiger partial charge in [0, 0.05) is 24.0 Å². The molecule has 1 N–H and O–H groups in total. The van der Waals surface area contributed by atoms with Crippen LogP contribution in [0.2, 0.25) is 0 Å². The summed E-state index contributed by atoms with van der Waals surface area (Å²) in [5, 5.41) is 9.35. The van der Waals surface area contributed by atoms with Crippen molar-refractivity contribution >= 4 is 22.0 Å². The maximum Gasteiger partial charge on any atom is 0.410 e. The molecule has 2 aromatic carbocycles. The van der Waals surface area contributed by atoms with Gasteiger partial charge in [-0.25, -0.2) is 9.18 Å². The number of halogens is 2. The first-order chi connectivity index (χ1) is 13.7. The Hall–Kier alpha value is -1.92. The monoisotopic (exact) mass is 465 g/mol. The zero-order valence-corrected chi connectivity index (χ0v) is 18.7. The van der Waals surface area contributed by atoms with Gasteiger partial charge in [-0.05, 0) is 48.6 Å². The number of carbonyl (C=O) groups excluding carboxylic acids is 1. The summed E-state index contributed by atoms with van der Waals surface area (Å²) in [6, 6.07) is 15.9. The van der Waals surface area contributed by atoms with Crippen LogP contribution in [0.4, 0.5) is 9.18 Å². The first-order valence-electron chi connectivity index (χ1n) is 9.76. The van der Waals surface area contributed by atoms with Crippen LogP contribution in [0.3, 0.4) is 0 Å². The molecule has 0 radical (unpaired) electrons. The molecule has 158 valence electrons. The fourth-order valence-corrected chi connectivity index (χ4v) is 3.42. The quantitative estimate of drug-likeness (QED) is 0.592. The lowest BCUT2D eigenvalue weighted by Gasteiger charge is -2.38. The Morgan fingerprint density at radius 3 is 2.31 bits per heavy atom. The van der Waals surface area contributed by atoms with Crippen molar-refractivity contribution in [2.24, 2.45) is 5.41 Å². The van der Waals surface area contributed by atoms with E-state index in [1.807, 2.05) is 45.0 Å². The summed E-state index contributed by atoms with van der Waals surface area (Å²) in [7, 11) is 0. The van der Waals surface area contributed by atoms with E-state index in [1.165, 1.54) is 12.1 Å². The van der Waals surface area contributed by atoms with Gasteiger partial charge in [-0.2, -0.15) is 0 Å². The number of carbonyl (C=O) groups is 1. The van der Waals surface area contributed by atoms with Crippen LogP contribution >= 0.6 is 15.9 Å². The predicted molar refractivity (Wildman–Crippen MR) is 116 cm³/mol. The Balaban J connectivity index is 0.000000360. The predicted octanol–water partition coefficient (Wildman–Crippen LogP) is 5.96. The van der Waals surface area contributed by atoms with E-state index in [9.17, 15) is 14.3 Å². The molecule has 1 saturated heterocycles. The van der Waals surface area contributed by atoms with E-state index >= 15 is 0 Å². The molecule has 0 spiro atoms. The molecule has 29 heavy (non-hydrogen) atoms. The van der Waals surface area contributed by atoms with Gasteiger partial charge in [0.15, 0.2) is 0 Å². The Morgan fingerprint density at radius 2 is 1.83 bits per heavy atom. The molecule has 1 aliphatic rings. The third kappa shape index (κ3) is 7.44. The van der Waals surface area contributed by atoms with Crippen LogP contribution in [-0.2, 0) is 4.74 Å². The van der Waals surface area contributed by atoms with E-state index in [-0.39, 0.29) is 36.1 Å². The van der Waals surface area contributed by atoms with E-state index in [1.54, 1.807) is 23.1 Å². The van der Waals surface area contributed by atoms with Crippen LogP contribution in [0.5, 0.6) is 0 Å². The summed E-state index contributed by atoms with van der Waals surface area (Å²) < 4.78 is 18.5. The van der Waals surface area contributed by atoms with Gasteiger partial charge in [-0.3, -0.25) is 0 Å². The lowest BCUT2D eigenvalue weighted by atomic mass is 9.86. The molecule has 2 aromatic rings. The summed E-state index contributed by atoms with van der Waals surface area (Å²) in [5.74, 6) is -0.178. The van der Waals surface area contributed by atoms with Crippen molar-refractivity contribution in [1.82, 2.24) is 4.90 Å². The normalized spacial score (nSPS) is 17.8. The number of rotatable bonds is 5. The van der Waals surface area contributed by atoms with E-state index in [4.69, 9.17) is 4.74 Å². The third-order valence-corrected chi connectivity index (χ3v) is 5.48. The fourth-order valence-electron chi connectivity index (χ4n) is 3.16. The SMILES string of the molecule is CC(c1ccc(Br)cc1)N1CCC(CC(C)(C)CO)OC1=O.Fc1ccccc1. The van der Waals surface area contributed by atoms with Crippen LogP contribution in [0.25, 0.3) is 0 Å². The van der Waals surface area contributed by atoms with Gasteiger partial charge in [0.25, 0.3) is 0 Å². The maximum absolute atomic E-state index is 12.3. The highest BCUT2D eigenvalue weighted by Crippen LogP contribution is 2.30. The Kier molecular flexibility index (Phi) is 8.65. The molecular weight excluding hydrogens is 437 g/mol. The lowest BCUT2D eigenvalue weighted by Crippen LogP contribution is -2.44. The largest absolute Gasteiger partial charge is 0.446 e. The number of amides is 1. The average Bonchev–Trinajstić information content (AvgIpc) is 2.69. The van der Waals surface area contributed by atoms with Gasteiger partial charge in [0.2, 0.25) is 0 Å². The van der Waals surface area contributed by atoms with Gasteiger partial charge in [0.1, 0.15) is 11.9 Å². The Bertz CT molecular complexity index is 767. The molecule has 1 amide bonds. The average molecular weight is 466 g/mol. The van der Waals surface area contributed by atoms with Crippen LogP contribution in [-0.4, -0.2) is 35.4 Å². The van der Waals surface area contributed by atoms with Gasteiger partial charge < -0.3 is 14.7 Å². The highest BCUT2D eigenvalue weighted by molar-refractivity contribution is 9.10. The lowest BCUT2D eigenvalue weighted by molar-refractivity contribution is -0.0121. The minimum absolute atomic E-state index is 0.00704. The molecule has 0 aromatic heterocycles. The van der Waals surface area contributed by atoms with Gasteiger partial charge in [-0.15, -0.1) is 0 Å². The van der Waals surface area contributed by atoms with Crippen LogP contribution in [0, 0.1) is 11.2 Å². The van der Waals surface area contributed by atoms with E-state index in [2.05, 4.69) is 15.9 Å². The summed E-state index contributed by atoms with van der Waals surface area (Å²) in [5.41, 5.74) is 0.874. The summed E-state index contributed by atoms with van der Waals surface area (Å²) in [6.07, 6.45) is 1.12. The fraction of sp³-hybridized carbons (Fsp3) is 0.435. The highest BCUT2D eigenvalue weighted by atomic mass is 79.9. The van der Waals surface area contributed by atoms with Crippen molar-refractivity contribution in [1.29, 1.82) is 0 Å². The molecule has 1 fully saturated rings. The second-order valence-electron chi connectivity index (χ2n) is 8.04. The molecule has 2 unspecified atom stereocenters. The molecule has 2 atom stereocenters. The molecule has 3 rings (SSSR count). The number of nitrogens with zero attached hydrogens (tertiary/aromatic N) is 1. The number of cyclic esters (lactones) is 1. The highest BCUT2D eigenvalue weighted by Gasteiger charge is 2.33. The zero-order chi connectivity index (χ0) is 21.4. The molecule has 0 aliphatic carbocycles. The Morgan fingerprint density at radius 1 is 1.21 bits per heavy atom. The topological polar surface area (TPSA) is 49.8 Å². The molecule has 0 bridgehead atoms. The summed E-state index contributed by atoms with van der Waals surface area (Å²) in [6.45, 7) is 6.76. The molecule has 4 nitrogen and oxygen atoms in total. The minimum Gasteiger partial charge on any atom is -0.446 e.